The van der Waals surface area contributed by atoms with Gasteiger partial charge in [0.2, 0.25) is 5.95 Å². The molecule has 1 saturated carbocycles. The van der Waals surface area contributed by atoms with Gasteiger partial charge in [0.05, 0.1) is 24.2 Å². The number of para-hydroxylation sites is 2. The number of halogens is 2. The van der Waals surface area contributed by atoms with Gasteiger partial charge in [-0.05, 0) is 30.9 Å². The number of morpholine rings is 1. The molecule has 33 heavy (non-hydrogen) atoms. The largest absolute Gasteiger partial charge is 0.378 e. The number of hydrogen-bond acceptors (Lipinski definition) is 7. The third-order valence-electron chi connectivity index (χ3n) is 6.26. The van der Waals surface area contributed by atoms with E-state index in [2.05, 4.69) is 25.2 Å². The number of aromatic nitrogens is 4. The molecule has 1 aliphatic carbocycles. The number of carbonyl (C=O) groups is 1. The monoisotopic (exact) mass is 456 g/mol. The van der Waals surface area contributed by atoms with Crippen molar-refractivity contribution in [2.45, 2.75) is 32.1 Å². The number of nitrogens with zero attached hydrogens (tertiary/aromatic N) is 5. The maximum Gasteiger partial charge on any atom is 0.296 e. The van der Waals surface area contributed by atoms with Gasteiger partial charge < -0.3 is 15.0 Å². The van der Waals surface area contributed by atoms with Gasteiger partial charge in [0, 0.05) is 38.5 Å². The quantitative estimate of drug-likeness (QED) is 0.605. The Labute approximate surface area is 190 Å². The zero-order valence-electron chi connectivity index (χ0n) is 18.2. The van der Waals surface area contributed by atoms with Crippen molar-refractivity contribution in [3.63, 3.8) is 0 Å². The Bertz CT molecular complexity index is 1140. The maximum atomic E-state index is 13.9. The van der Waals surface area contributed by atoms with Gasteiger partial charge in [-0.2, -0.15) is 9.97 Å². The van der Waals surface area contributed by atoms with Crippen molar-refractivity contribution in [1.82, 2.24) is 19.5 Å². The van der Waals surface area contributed by atoms with E-state index in [0.717, 1.165) is 12.8 Å². The number of benzene rings is 1. The first kappa shape index (κ1) is 21.7. The molecule has 2 fully saturated rings. The number of Topliss-reactive ketones (excluding diaryl/α,β-unsaturated/α-hetero) is 1. The number of anilines is 2. The van der Waals surface area contributed by atoms with E-state index in [4.69, 9.17) is 4.74 Å². The lowest BCUT2D eigenvalue weighted by molar-refractivity contribution is -0.120. The molecule has 0 atom stereocenters. The SMILES string of the molecule is O=C1CCC(CNc2nc(N3CCOCC3)cc(-n3c(C(F)F)nc4ccccc43)n2)CC1. The lowest BCUT2D eigenvalue weighted by Crippen LogP contribution is -2.37. The van der Waals surface area contributed by atoms with Crippen LogP contribution in [0.1, 0.15) is 37.9 Å². The summed E-state index contributed by atoms with van der Waals surface area (Å²) in [4.78, 5) is 27.1. The molecule has 1 N–H and O–H groups in total. The van der Waals surface area contributed by atoms with Gasteiger partial charge in [0.25, 0.3) is 6.43 Å². The Kier molecular flexibility index (Phi) is 6.17. The van der Waals surface area contributed by atoms with Crippen molar-refractivity contribution in [2.24, 2.45) is 5.92 Å². The van der Waals surface area contributed by atoms with E-state index in [0.29, 0.717) is 86.0 Å². The van der Waals surface area contributed by atoms with Crippen LogP contribution in [0.3, 0.4) is 0 Å². The molecule has 0 radical (unpaired) electrons. The van der Waals surface area contributed by atoms with Crippen molar-refractivity contribution < 1.29 is 18.3 Å². The Balaban J connectivity index is 1.53. The Hall–Kier alpha value is -3.14. The number of ketones is 1. The summed E-state index contributed by atoms with van der Waals surface area (Å²) in [7, 11) is 0. The molecular weight excluding hydrogens is 430 g/mol. The molecule has 1 saturated heterocycles. The van der Waals surface area contributed by atoms with Crippen molar-refractivity contribution in [2.75, 3.05) is 43.1 Å². The fraction of sp³-hybridized carbons (Fsp3) is 0.478. The van der Waals surface area contributed by atoms with Gasteiger partial charge in [-0.15, -0.1) is 0 Å². The van der Waals surface area contributed by atoms with Crippen LogP contribution in [0.5, 0.6) is 0 Å². The molecule has 0 spiro atoms. The van der Waals surface area contributed by atoms with Crippen LogP contribution in [-0.2, 0) is 9.53 Å². The number of nitrogens with one attached hydrogen (secondary N) is 1. The second kappa shape index (κ2) is 9.38. The Morgan fingerprint density at radius 3 is 2.55 bits per heavy atom. The molecule has 0 unspecified atom stereocenters. The normalized spacial score (nSPS) is 17.8. The van der Waals surface area contributed by atoms with Crippen LogP contribution in [0, 0.1) is 5.92 Å². The minimum atomic E-state index is -2.75. The first-order valence-electron chi connectivity index (χ1n) is 11.3. The average Bonchev–Trinajstić information content (AvgIpc) is 3.24. The highest BCUT2D eigenvalue weighted by atomic mass is 19.3. The van der Waals surface area contributed by atoms with E-state index < -0.39 is 6.43 Å². The van der Waals surface area contributed by atoms with Crippen LogP contribution >= 0.6 is 0 Å². The zero-order valence-corrected chi connectivity index (χ0v) is 18.2. The molecule has 10 heteroatoms. The second-order valence-electron chi connectivity index (χ2n) is 8.47. The number of imidazole rings is 1. The Morgan fingerprint density at radius 1 is 1.06 bits per heavy atom. The fourth-order valence-electron chi connectivity index (χ4n) is 4.44. The summed E-state index contributed by atoms with van der Waals surface area (Å²) < 4.78 is 34.7. The van der Waals surface area contributed by atoms with E-state index in [1.807, 2.05) is 0 Å². The number of hydrogen-bond donors (Lipinski definition) is 1. The predicted molar refractivity (Wildman–Crippen MR) is 120 cm³/mol. The van der Waals surface area contributed by atoms with E-state index >= 15 is 0 Å². The van der Waals surface area contributed by atoms with Gasteiger partial charge >= 0.3 is 0 Å². The lowest BCUT2D eigenvalue weighted by Gasteiger charge is -2.28. The summed E-state index contributed by atoms with van der Waals surface area (Å²) in [6, 6.07) is 8.78. The highest BCUT2D eigenvalue weighted by molar-refractivity contribution is 5.79. The molecule has 174 valence electrons. The highest BCUT2D eigenvalue weighted by Crippen LogP contribution is 2.29. The van der Waals surface area contributed by atoms with Crippen molar-refractivity contribution in [1.29, 1.82) is 0 Å². The molecule has 3 heterocycles. The highest BCUT2D eigenvalue weighted by Gasteiger charge is 2.24. The molecule has 2 aliphatic rings. The minimum Gasteiger partial charge on any atom is -0.378 e. The summed E-state index contributed by atoms with van der Waals surface area (Å²) in [5.41, 5.74) is 1.05. The van der Waals surface area contributed by atoms with Gasteiger partial charge in [0.1, 0.15) is 17.4 Å². The van der Waals surface area contributed by atoms with E-state index in [-0.39, 0.29) is 5.82 Å². The molecule has 3 aromatic rings. The number of fused-ring (bicyclic) bond motifs is 1. The van der Waals surface area contributed by atoms with Crippen molar-refractivity contribution >= 4 is 28.6 Å². The smallest absolute Gasteiger partial charge is 0.296 e. The molecule has 2 aromatic heterocycles. The summed E-state index contributed by atoms with van der Waals surface area (Å²) in [5, 5.41) is 3.30. The molecule has 8 nitrogen and oxygen atoms in total. The Morgan fingerprint density at radius 2 is 1.79 bits per heavy atom. The molecule has 0 amide bonds. The van der Waals surface area contributed by atoms with Crippen LogP contribution in [0.4, 0.5) is 20.5 Å². The fourth-order valence-corrected chi connectivity index (χ4v) is 4.44. The summed E-state index contributed by atoms with van der Waals surface area (Å²) in [6.45, 7) is 3.11. The van der Waals surface area contributed by atoms with Crippen LogP contribution in [-0.4, -0.2) is 58.2 Å². The third-order valence-corrected chi connectivity index (χ3v) is 6.26. The molecule has 1 aliphatic heterocycles. The van der Waals surface area contributed by atoms with Crippen LogP contribution < -0.4 is 10.2 Å². The van der Waals surface area contributed by atoms with Crippen molar-refractivity contribution in [3.05, 3.63) is 36.2 Å². The van der Waals surface area contributed by atoms with Gasteiger partial charge in [-0.3, -0.25) is 9.36 Å². The van der Waals surface area contributed by atoms with Crippen LogP contribution in [0.25, 0.3) is 16.9 Å². The molecule has 0 bridgehead atoms. The zero-order chi connectivity index (χ0) is 22.8. The van der Waals surface area contributed by atoms with E-state index in [1.54, 1.807) is 30.3 Å². The standard InChI is InChI=1S/C23H26F2N6O2/c24-21(25)22-27-17-3-1-2-4-18(17)31(22)20-13-19(30-9-11-33-12-10-30)28-23(29-20)26-14-15-5-7-16(32)8-6-15/h1-4,13,15,21H,5-12,14H2,(H,26,28,29). The van der Waals surface area contributed by atoms with Gasteiger partial charge in [0.15, 0.2) is 5.82 Å². The third kappa shape index (κ3) is 4.66. The van der Waals surface area contributed by atoms with Crippen molar-refractivity contribution in [3.8, 4) is 5.82 Å². The first-order chi connectivity index (χ1) is 16.1. The molecular formula is C23H26F2N6O2. The first-order valence-corrected chi connectivity index (χ1v) is 11.3. The number of carbonyl (C=O) groups excluding carboxylic acids is 1. The predicted octanol–water partition coefficient (Wildman–Crippen LogP) is 3.76. The van der Waals surface area contributed by atoms with Crippen LogP contribution in [0.15, 0.2) is 30.3 Å². The number of ether oxygens (including phenoxy) is 1. The summed E-state index contributed by atoms with van der Waals surface area (Å²) in [6.07, 6.45) is 0.124. The van der Waals surface area contributed by atoms with Gasteiger partial charge in [-0.1, -0.05) is 12.1 Å². The minimum absolute atomic E-state index is 0.311. The lowest BCUT2D eigenvalue weighted by atomic mass is 9.88. The van der Waals surface area contributed by atoms with Crippen LogP contribution in [0.2, 0.25) is 0 Å². The second-order valence-corrected chi connectivity index (χ2v) is 8.47. The summed E-state index contributed by atoms with van der Waals surface area (Å²) in [5.74, 6) is 1.70. The van der Waals surface area contributed by atoms with Gasteiger partial charge in [-0.25, -0.2) is 13.8 Å². The van der Waals surface area contributed by atoms with E-state index in [9.17, 15) is 13.6 Å². The molecule has 1 aromatic carbocycles. The van der Waals surface area contributed by atoms with E-state index in [1.165, 1.54) is 4.57 Å². The maximum absolute atomic E-state index is 13.9. The number of rotatable bonds is 6. The number of alkyl halides is 2. The topological polar surface area (TPSA) is 85.2 Å². The average molecular weight is 456 g/mol. The molecule has 5 rings (SSSR count). The summed E-state index contributed by atoms with van der Waals surface area (Å²) >= 11 is 0.